The molecule has 0 spiro atoms. The van der Waals surface area contributed by atoms with Crippen molar-refractivity contribution in [3.8, 4) is 0 Å². The molecule has 0 atom stereocenters. The van der Waals surface area contributed by atoms with Gasteiger partial charge in [-0.05, 0) is 36.4 Å². The highest BCUT2D eigenvalue weighted by Crippen LogP contribution is 2.20. The van der Waals surface area contributed by atoms with Gasteiger partial charge in [0.15, 0.2) is 0 Å². The molecule has 104 valence electrons. The summed E-state index contributed by atoms with van der Waals surface area (Å²) in [7, 11) is 0. The quantitative estimate of drug-likeness (QED) is 0.499. The second kappa shape index (κ2) is 7.69. The Morgan fingerprint density at radius 2 is 2.00 bits per heavy atom. The number of thiophene rings is 1. The van der Waals surface area contributed by atoms with Crippen molar-refractivity contribution in [2.75, 3.05) is 5.75 Å². The van der Waals surface area contributed by atoms with Crippen molar-refractivity contribution in [3.63, 3.8) is 0 Å². The van der Waals surface area contributed by atoms with E-state index in [2.05, 4.69) is 10.5 Å². The zero-order valence-electron chi connectivity index (χ0n) is 10.2. The molecule has 1 aromatic carbocycles. The average molecular weight is 345 g/mol. The second-order valence-electron chi connectivity index (χ2n) is 3.68. The van der Waals surface area contributed by atoms with Crippen molar-refractivity contribution in [2.24, 2.45) is 5.10 Å². The Hall–Kier alpha value is -1.01. The molecule has 0 radical (unpaired) electrons. The van der Waals surface area contributed by atoms with Gasteiger partial charge < -0.3 is 0 Å². The summed E-state index contributed by atoms with van der Waals surface area (Å²) in [5.41, 5.74) is 2.47. The summed E-state index contributed by atoms with van der Waals surface area (Å²) in [4.78, 5) is 13.5. The number of rotatable bonds is 5. The average Bonchev–Trinajstić information content (AvgIpc) is 2.84. The zero-order chi connectivity index (χ0) is 14.4. The molecule has 20 heavy (non-hydrogen) atoms. The number of thioether (sulfide) groups is 1. The van der Waals surface area contributed by atoms with Crippen LogP contribution >= 0.6 is 46.3 Å². The summed E-state index contributed by atoms with van der Waals surface area (Å²) in [6.45, 7) is 0. The minimum atomic E-state index is -0.163. The number of nitrogens with zero attached hydrogens (tertiary/aromatic N) is 1. The summed E-state index contributed by atoms with van der Waals surface area (Å²) >= 11 is 14.4. The van der Waals surface area contributed by atoms with Crippen molar-refractivity contribution in [3.05, 3.63) is 50.6 Å². The maximum atomic E-state index is 11.6. The molecule has 0 saturated carbocycles. The fourth-order valence-corrected chi connectivity index (χ4v) is 3.03. The lowest BCUT2D eigenvalue weighted by atomic mass is 10.4. The highest BCUT2D eigenvalue weighted by Gasteiger charge is 2.01. The third-order valence-corrected chi connectivity index (χ3v) is 4.59. The third-order valence-electron chi connectivity index (χ3n) is 2.16. The molecular weight excluding hydrogens is 335 g/mol. The van der Waals surface area contributed by atoms with Crippen LogP contribution in [0.4, 0.5) is 0 Å². The van der Waals surface area contributed by atoms with Gasteiger partial charge in [0, 0.05) is 14.8 Å². The van der Waals surface area contributed by atoms with Crippen LogP contribution < -0.4 is 5.43 Å². The lowest BCUT2D eigenvalue weighted by Gasteiger charge is -2.00. The van der Waals surface area contributed by atoms with E-state index in [0.717, 1.165) is 9.77 Å². The standard InChI is InChI=1S/C13H10Cl2N2OS2/c14-9-1-3-10(4-2-9)19-8-13(18)17-16-7-11-5-6-12(15)20-11/h1-7H,8H2,(H,17,18)/b16-7-. The number of halogens is 2. The van der Waals surface area contributed by atoms with Gasteiger partial charge in [0.2, 0.25) is 5.91 Å². The van der Waals surface area contributed by atoms with E-state index in [9.17, 15) is 4.79 Å². The van der Waals surface area contributed by atoms with E-state index in [-0.39, 0.29) is 5.91 Å². The first-order valence-corrected chi connectivity index (χ1v) is 8.15. The highest BCUT2D eigenvalue weighted by molar-refractivity contribution is 8.00. The Kier molecular flexibility index (Phi) is 5.91. The van der Waals surface area contributed by atoms with Gasteiger partial charge in [0.25, 0.3) is 0 Å². The first kappa shape index (κ1) is 15.4. The van der Waals surface area contributed by atoms with Crippen LogP contribution in [0.2, 0.25) is 9.36 Å². The van der Waals surface area contributed by atoms with Gasteiger partial charge in [-0.2, -0.15) is 5.10 Å². The lowest BCUT2D eigenvalue weighted by molar-refractivity contribution is -0.118. The fourth-order valence-electron chi connectivity index (χ4n) is 1.28. The van der Waals surface area contributed by atoms with Crippen molar-refractivity contribution in [2.45, 2.75) is 4.90 Å². The minimum absolute atomic E-state index is 0.163. The summed E-state index contributed by atoms with van der Waals surface area (Å²) < 4.78 is 0.691. The lowest BCUT2D eigenvalue weighted by Crippen LogP contribution is -2.19. The van der Waals surface area contributed by atoms with Crippen LogP contribution in [0, 0.1) is 0 Å². The van der Waals surface area contributed by atoms with Gasteiger partial charge in [0.05, 0.1) is 16.3 Å². The summed E-state index contributed by atoms with van der Waals surface area (Å²) in [6.07, 6.45) is 1.57. The van der Waals surface area contributed by atoms with E-state index < -0.39 is 0 Å². The number of carbonyl (C=O) groups is 1. The Balaban J connectivity index is 1.75. The zero-order valence-corrected chi connectivity index (χ0v) is 13.3. The maximum absolute atomic E-state index is 11.6. The second-order valence-corrected chi connectivity index (χ2v) is 6.91. The Morgan fingerprint density at radius 1 is 1.25 bits per heavy atom. The fraction of sp³-hybridized carbons (Fsp3) is 0.0769. The van der Waals surface area contributed by atoms with E-state index in [1.54, 1.807) is 24.4 Å². The number of benzene rings is 1. The molecule has 7 heteroatoms. The first-order valence-electron chi connectivity index (χ1n) is 5.59. The van der Waals surface area contributed by atoms with Crippen LogP contribution in [0.25, 0.3) is 0 Å². The molecule has 0 aliphatic heterocycles. The molecule has 0 aliphatic carbocycles. The molecule has 2 rings (SSSR count). The number of carbonyl (C=O) groups excluding carboxylic acids is 1. The van der Waals surface area contributed by atoms with Crippen molar-refractivity contribution in [1.82, 2.24) is 5.43 Å². The minimum Gasteiger partial charge on any atom is -0.272 e. The molecule has 1 amide bonds. The Labute approximate surface area is 135 Å². The monoisotopic (exact) mass is 344 g/mol. The maximum Gasteiger partial charge on any atom is 0.250 e. The van der Waals surface area contributed by atoms with E-state index in [1.165, 1.54) is 23.1 Å². The van der Waals surface area contributed by atoms with Crippen LogP contribution in [-0.4, -0.2) is 17.9 Å². The topological polar surface area (TPSA) is 41.5 Å². The number of hydrogen-bond donors (Lipinski definition) is 1. The number of nitrogens with one attached hydrogen (secondary N) is 1. The van der Waals surface area contributed by atoms with Crippen molar-refractivity contribution < 1.29 is 4.79 Å². The normalized spacial score (nSPS) is 10.9. The van der Waals surface area contributed by atoms with Crippen molar-refractivity contribution >= 4 is 58.4 Å². The summed E-state index contributed by atoms with van der Waals surface area (Å²) in [5.74, 6) is 0.133. The predicted octanol–water partition coefficient (Wildman–Crippen LogP) is 4.30. The largest absolute Gasteiger partial charge is 0.272 e. The molecule has 0 bridgehead atoms. The van der Waals surface area contributed by atoms with E-state index >= 15 is 0 Å². The molecule has 1 aromatic heterocycles. The van der Waals surface area contributed by atoms with Gasteiger partial charge >= 0.3 is 0 Å². The molecule has 0 fully saturated rings. The molecule has 0 saturated heterocycles. The molecule has 0 aliphatic rings. The van der Waals surface area contributed by atoms with Gasteiger partial charge in [-0.1, -0.05) is 23.2 Å². The molecule has 0 unspecified atom stereocenters. The number of hydrazone groups is 1. The van der Waals surface area contributed by atoms with Crippen LogP contribution in [0.5, 0.6) is 0 Å². The molecule has 1 N–H and O–H groups in total. The Bertz CT molecular complexity index is 611. The summed E-state index contributed by atoms with van der Waals surface area (Å²) in [5, 5.41) is 4.55. The summed E-state index contributed by atoms with van der Waals surface area (Å²) in [6, 6.07) is 11.0. The van der Waals surface area contributed by atoms with E-state index in [4.69, 9.17) is 23.2 Å². The van der Waals surface area contributed by atoms with Gasteiger partial charge in [0.1, 0.15) is 0 Å². The van der Waals surface area contributed by atoms with Gasteiger partial charge in [-0.15, -0.1) is 23.1 Å². The molecular formula is C13H10Cl2N2OS2. The highest BCUT2D eigenvalue weighted by atomic mass is 35.5. The Morgan fingerprint density at radius 3 is 2.65 bits per heavy atom. The predicted molar refractivity (Wildman–Crippen MR) is 87.2 cm³/mol. The first-order chi connectivity index (χ1) is 9.63. The van der Waals surface area contributed by atoms with Gasteiger partial charge in [-0.3, -0.25) is 4.79 Å². The van der Waals surface area contributed by atoms with Crippen LogP contribution in [-0.2, 0) is 4.79 Å². The number of amides is 1. The molecule has 2 aromatic rings. The SMILES string of the molecule is O=C(CSc1ccc(Cl)cc1)N/N=C\c1ccc(Cl)s1. The van der Waals surface area contributed by atoms with E-state index in [0.29, 0.717) is 15.1 Å². The van der Waals surface area contributed by atoms with Crippen molar-refractivity contribution in [1.29, 1.82) is 0 Å². The smallest absolute Gasteiger partial charge is 0.250 e. The van der Waals surface area contributed by atoms with E-state index in [1.807, 2.05) is 18.2 Å². The third kappa shape index (κ3) is 5.17. The molecule has 3 nitrogen and oxygen atoms in total. The van der Waals surface area contributed by atoms with Gasteiger partial charge in [-0.25, -0.2) is 5.43 Å². The van der Waals surface area contributed by atoms with Crippen LogP contribution in [0.3, 0.4) is 0 Å². The van der Waals surface area contributed by atoms with Crippen LogP contribution in [0.1, 0.15) is 4.88 Å². The number of hydrogen-bond acceptors (Lipinski definition) is 4. The molecule has 1 heterocycles. The van der Waals surface area contributed by atoms with Crippen LogP contribution in [0.15, 0.2) is 46.4 Å².